The Balaban J connectivity index is 1.85. The van der Waals surface area contributed by atoms with Crippen molar-refractivity contribution in [2.75, 3.05) is 18.5 Å². The van der Waals surface area contributed by atoms with Crippen LogP contribution in [0, 0.1) is 5.82 Å². The maximum atomic E-state index is 13.4. The van der Waals surface area contributed by atoms with Crippen molar-refractivity contribution in [3.8, 4) is 0 Å². The lowest BCUT2D eigenvalue weighted by molar-refractivity contribution is -0.142. The van der Waals surface area contributed by atoms with Crippen LogP contribution in [0.5, 0.6) is 0 Å². The maximum absolute atomic E-state index is 13.4. The summed E-state index contributed by atoms with van der Waals surface area (Å²) in [6, 6.07) is 12.9. The molecule has 148 valence electrons. The van der Waals surface area contributed by atoms with Crippen LogP contribution in [-0.2, 0) is 25.2 Å². The van der Waals surface area contributed by atoms with Gasteiger partial charge in [-0.1, -0.05) is 24.3 Å². The number of carboxylic acids is 1. The van der Waals surface area contributed by atoms with Crippen molar-refractivity contribution < 1.29 is 23.8 Å². The van der Waals surface area contributed by atoms with E-state index in [-0.39, 0.29) is 11.7 Å². The highest BCUT2D eigenvalue weighted by molar-refractivity contribution is 5.99. The number of carbonyl (C=O) groups is 2. The summed E-state index contributed by atoms with van der Waals surface area (Å²) in [4.78, 5) is 24.6. The standard InChI is InChI=1S/C22H24FNO4/c1-21(2,20(26)27)15-5-9-18(10-6-15)24-19(25)22(11-13-28-14-12-22)16-3-7-17(23)8-4-16/h3-10H,11-14H2,1-2H3,(H,24,25)(H,26,27). The van der Waals surface area contributed by atoms with Crippen molar-refractivity contribution in [1.82, 2.24) is 0 Å². The van der Waals surface area contributed by atoms with Crippen LogP contribution in [-0.4, -0.2) is 30.2 Å². The van der Waals surface area contributed by atoms with Crippen LogP contribution < -0.4 is 5.32 Å². The minimum atomic E-state index is -1.02. The average Bonchev–Trinajstić information content (AvgIpc) is 2.69. The molecule has 2 aromatic rings. The molecule has 28 heavy (non-hydrogen) atoms. The summed E-state index contributed by atoms with van der Waals surface area (Å²) in [6.07, 6.45) is 1.02. The molecule has 0 aliphatic carbocycles. The maximum Gasteiger partial charge on any atom is 0.313 e. The van der Waals surface area contributed by atoms with E-state index in [4.69, 9.17) is 4.74 Å². The molecule has 0 spiro atoms. The number of carboxylic acid groups (broad SMARTS) is 1. The largest absolute Gasteiger partial charge is 0.481 e. The first-order chi connectivity index (χ1) is 13.3. The topological polar surface area (TPSA) is 75.6 Å². The van der Waals surface area contributed by atoms with Gasteiger partial charge in [-0.2, -0.15) is 0 Å². The van der Waals surface area contributed by atoms with Crippen LogP contribution in [0.25, 0.3) is 0 Å². The number of anilines is 1. The molecular weight excluding hydrogens is 361 g/mol. The summed E-state index contributed by atoms with van der Waals surface area (Å²) in [6.45, 7) is 4.18. The van der Waals surface area contributed by atoms with E-state index in [1.54, 1.807) is 50.2 Å². The van der Waals surface area contributed by atoms with Gasteiger partial charge < -0.3 is 15.2 Å². The fourth-order valence-electron chi connectivity index (χ4n) is 3.48. The summed E-state index contributed by atoms with van der Waals surface area (Å²) >= 11 is 0. The highest BCUT2D eigenvalue weighted by Crippen LogP contribution is 2.36. The minimum absolute atomic E-state index is 0.173. The molecule has 0 unspecified atom stereocenters. The molecule has 1 aliphatic heterocycles. The van der Waals surface area contributed by atoms with Gasteiger partial charge in [-0.25, -0.2) is 4.39 Å². The molecule has 0 aromatic heterocycles. The summed E-state index contributed by atoms with van der Waals surface area (Å²) in [5.74, 6) is -1.43. The van der Waals surface area contributed by atoms with Crippen molar-refractivity contribution in [3.05, 3.63) is 65.5 Å². The van der Waals surface area contributed by atoms with E-state index < -0.39 is 16.8 Å². The molecule has 0 saturated carbocycles. The van der Waals surface area contributed by atoms with E-state index in [0.717, 1.165) is 5.56 Å². The van der Waals surface area contributed by atoms with E-state index in [2.05, 4.69) is 5.32 Å². The van der Waals surface area contributed by atoms with Crippen molar-refractivity contribution in [1.29, 1.82) is 0 Å². The molecule has 2 aromatic carbocycles. The molecule has 1 amide bonds. The normalized spacial score (nSPS) is 16.4. The zero-order valence-corrected chi connectivity index (χ0v) is 16.0. The third kappa shape index (κ3) is 3.78. The van der Waals surface area contributed by atoms with Crippen molar-refractivity contribution in [2.24, 2.45) is 0 Å². The van der Waals surface area contributed by atoms with Gasteiger partial charge >= 0.3 is 5.97 Å². The molecule has 3 rings (SSSR count). The Kier molecular flexibility index (Phi) is 5.52. The second-order valence-electron chi connectivity index (χ2n) is 7.66. The van der Waals surface area contributed by atoms with Gasteiger partial charge in [0, 0.05) is 18.9 Å². The molecule has 2 N–H and O–H groups in total. The SMILES string of the molecule is CC(C)(C(=O)O)c1ccc(NC(=O)C2(c3ccc(F)cc3)CCOCC2)cc1. The summed E-state index contributed by atoms with van der Waals surface area (Å²) in [7, 11) is 0. The second kappa shape index (κ2) is 7.72. The van der Waals surface area contributed by atoms with Gasteiger partial charge in [-0.15, -0.1) is 0 Å². The lowest BCUT2D eigenvalue weighted by Crippen LogP contribution is -2.44. The van der Waals surface area contributed by atoms with E-state index >= 15 is 0 Å². The fourth-order valence-corrected chi connectivity index (χ4v) is 3.48. The van der Waals surface area contributed by atoms with Crippen molar-refractivity contribution in [2.45, 2.75) is 37.5 Å². The molecule has 1 saturated heterocycles. The van der Waals surface area contributed by atoms with Crippen molar-refractivity contribution >= 4 is 17.6 Å². The molecular formula is C22H24FNO4. The smallest absolute Gasteiger partial charge is 0.313 e. The van der Waals surface area contributed by atoms with Crippen LogP contribution in [0.15, 0.2) is 48.5 Å². The first kappa shape index (κ1) is 20.0. The average molecular weight is 385 g/mol. The summed E-state index contributed by atoms with van der Waals surface area (Å²) in [5, 5.41) is 12.3. The number of aliphatic carboxylic acids is 1. The number of rotatable bonds is 5. The van der Waals surface area contributed by atoms with Gasteiger partial charge in [-0.3, -0.25) is 9.59 Å². The van der Waals surface area contributed by atoms with E-state index in [1.807, 2.05) is 0 Å². The number of benzene rings is 2. The zero-order valence-electron chi connectivity index (χ0n) is 16.0. The Bertz CT molecular complexity index is 853. The minimum Gasteiger partial charge on any atom is -0.481 e. The predicted octanol–water partition coefficient (Wildman–Crippen LogP) is 3.87. The van der Waals surface area contributed by atoms with Crippen LogP contribution in [0.3, 0.4) is 0 Å². The molecule has 6 heteroatoms. The monoisotopic (exact) mass is 385 g/mol. The first-order valence-electron chi connectivity index (χ1n) is 9.25. The fraction of sp³-hybridized carbons (Fsp3) is 0.364. The lowest BCUT2D eigenvalue weighted by Gasteiger charge is -2.36. The van der Waals surface area contributed by atoms with Crippen LogP contribution >= 0.6 is 0 Å². The molecule has 0 radical (unpaired) electrons. The van der Waals surface area contributed by atoms with Crippen LogP contribution in [0.2, 0.25) is 0 Å². The van der Waals surface area contributed by atoms with Gasteiger partial charge in [0.2, 0.25) is 5.91 Å². The molecule has 1 heterocycles. The van der Waals surface area contributed by atoms with Gasteiger partial charge in [0.1, 0.15) is 5.82 Å². The third-order valence-corrected chi connectivity index (χ3v) is 5.58. The molecule has 1 aliphatic rings. The van der Waals surface area contributed by atoms with Crippen molar-refractivity contribution in [3.63, 3.8) is 0 Å². The number of carbonyl (C=O) groups excluding carboxylic acids is 1. The van der Waals surface area contributed by atoms with E-state index in [9.17, 15) is 19.1 Å². The first-order valence-corrected chi connectivity index (χ1v) is 9.25. The number of ether oxygens (including phenoxy) is 1. The van der Waals surface area contributed by atoms with E-state index in [0.29, 0.717) is 37.3 Å². The Morgan fingerprint density at radius 1 is 1.04 bits per heavy atom. The highest BCUT2D eigenvalue weighted by Gasteiger charge is 2.41. The number of hydrogen-bond acceptors (Lipinski definition) is 3. The summed E-state index contributed by atoms with van der Waals surface area (Å²) < 4.78 is 18.8. The Labute approximate surface area is 163 Å². The van der Waals surface area contributed by atoms with Gasteiger partial charge in [0.15, 0.2) is 0 Å². The number of nitrogens with one attached hydrogen (secondary N) is 1. The number of amides is 1. The molecule has 0 bridgehead atoms. The Hall–Kier alpha value is -2.73. The van der Waals surface area contributed by atoms with E-state index in [1.165, 1.54) is 12.1 Å². The third-order valence-electron chi connectivity index (χ3n) is 5.58. The van der Waals surface area contributed by atoms with Gasteiger partial charge in [-0.05, 0) is 62.1 Å². The Morgan fingerprint density at radius 3 is 2.14 bits per heavy atom. The lowest BCUT2D eigenvalue weighted by atomic mass is 9.73. The number of hydrogen-bond donors (Lipinski definition) is 2. The zero-order chi connectivity index (χ0) is 20.4. The predicted molar refractivity (Wildman–Crippen MR) is 104 cm³/mol. The number of halogens is 1. The molecule has 0 atom stereocenters. The Morgan fingerprint density at radius 2 is 1.61 bits per heavy atom. The van der Waals surface area contributed by atoms with Gasteiger partial charge in [0.05, 0.1) is 10.8 Å². The van der Waals surface area contributed by atoms with Crippen LogP contribution in [0.4, 0.5) is 10.1 Å². The summed E-state index contributed by atoms with van der Waals surface area (Å²) in [5.41, 5.74) is 0.197. The highest BCUT2D eigenvalue weighted by atomic mass is 19.1. The second-order valence-corrected chi connectivity index (χ2v) is 7.66. The quantitative estimate of drug-likeness (QED) is 0.819. The van der Waals surface area contributed by atoms with Gasteiger partial charge in [0.25, 0.3) is 0 Å². The molecule has 5 nitrogen and oxygen atoms in total. The van der Waals surface area contributed by atoms with Crippen LogP contribution in [0.1, 0.15) is 37.8 Å². The molecule has 1 fully saturated rings.